The van der Waals surface area contributed by atoms with Crippen molar-refractivity contribution in [3.05, 3.63) is 0 Å². The number of hydrogen-bond donors (Lipinski definition) is 2. The van der Waals surface area contributed by atoms with Crippen molar-refractivity contribution >= 4 is 5.91 Å². The lowest BCUT2D eigenvalue weighted by Gasteiger charge is -2.26. The number of amides is 1. The molecule has 0 radical (unpaired) electrons. The van der Waals surface area contributed by atoms with Crippen LogP contribution in [0.1, 0.15) is 59.8 Å². The van der Waals surface area contributed by atoms with Gasteiger partial charge in [0.1, 0.15) is 0 Å². The zero-order valence-corrected chi connectivity index (χ0v) is 11.8. The van der Waals surface area contributed by atoms with E-state index in [0.29, 0.717) is 0 Å². The third-order valence-electron chi connectivity index (χ3n) is 3.33. The lowest BCUT2D eigenvalue weighted by molar-refractivity contribution is -0.124. The van der Waals surface area contributed by atoms with Gasteiger partial charge in [0.25, 0.3) is 0 Å². The lowest BCUT2D eigenvalue weighted by atomic mass is 9.89. The molecule has 1 aliphatic carbocycles. The zero-order valence-electron chi connectivity index (χ0n) is 11.8. The predicted octanol–water partition coefficient (Wildman–Crippen LogP) is 2.46. The maximum Gasteiger partial charge on any atom is 0.237 e. The van der Waals surface area contributed by atoms with Crippen molar-refractivity contribution in [3.8, 4) is 0 Å². The summed E-state index contributed by atoms with van der Waals surface area (Å²) in [6, 6.07) is -0.0869. The molecule has 1 aliphatic rings. The van der Waals surface area contributed by atoms with Crippen molar-refractivity contribution < 1.29 is 4.79 Å². The van der Waals surface area contributed by atoms with E-state index in [1.165, 1.54) is 32.1 Å². The zero-order chi connectivity index (χ0) is 12.9. The Balaban J connectivity index is 2.23. The number of rotatable bonds is 4. The smallest absolute Gasteiger partial charge is 0.237 e. The molecule has 2 N–H and O–H groups in total. The van der Waals surface area contributed by atoms with Crippen LogP contribution in [0.15, 0.2) is 0 Å². The molecule has 1 unspecified atom stereocenters. The second-order valence-electron chi connectivity index (χ2n) is 6.37. The molecule has 0 bridgehead atoms. The summed E-state index contributed by atoms with van der Waals surface area (Å²) in [5, 5.41) is 6.37. The van der Waals surface area contributed by atoms with E-state index in [-0.39, 0.29) is 17.5 Å². The molecule has 0 aromatic heterocycles. The van der Waals surface area contributed by atoms with E-state index < -0.39 is 0 Å². The van der Waals surface area contributed by atoms with E-state index in [4.69, 9.17) is 0 Å². The average Bonchev–Trinajstić information content (AvgIpc) is 2.25. The maximum absolute atomic E-state index is 11.9. The van der Waals surface area contributed by atoms with Crippen molar-refractivity contribution in [2.75, 3.05) is 6.54 Å². The SMILES string of the molecule is CC(NCC1CCCCC1)C(=O)NC(C)(C)C. The molecule has 17 heavy (non-hydrogen) atoms. The second-order valence-corrected chi connectivity index (χ2v) is 6.37. The first-order chi connectivity index (χ1) is 7.88. The predicted molar refractivity (Wildman–Crippen MR) is 71.9 cm³/mol. The van der Waals surface area contributed by atoms with Gasteiger partial charge >= 0.3 is 0 Å². The van der Waals surface area contributed by atoms with E-state index in [0.717, 1.165) is 12.5 Å². The van der Waals surface area contributed by atoms with Crippen LogP contribution < -0.4 is 10.6 Å². The number of carbonyl (C=O) groups excluding carboxylic acids is 1. The van der Waals surface area contributed by atoms with Crippen LogP contribution in [0.2, 0.25) is 0 Å². The second kappa shape index (κ2) is 6.39. The number of carbonyl (C=O) groups is 1. The molecule has 1 saturated carbocycles. The highest BCUT2D eigenvalue weighted by Gasteiger charge is 2.20. The summed E-state index contributed by atoms with van der Waals surface area (Å²) in [5.41, 5.74) is -0.141. The number of nitrogens with one attached hydrogen (secondary N) is 2. The van der Waals surface area contributed by atoms with Gasteiger partial charge in [0, 0.05) is 5.54 Å². The van der Waals surface area contributed by atoms with E-state index in [2.05, 4.69) is 10.6 Å². The van der Waals surface area contributed by atoms with Crippen molar-refractivity contribution in [1.29, 1.82) is 0 Å². The Hall–Kier alpha value is -0.570. The van der Waals surface area contributed by atoms with Gasteiger partial charge in [0.05, 0.1) is 6.04 Å². The summed E-state index contributed by atoms with van der Waals surface area (Å²) in [7, 11) is 0. The van der Waals surface area contributed by atoms with Crippen LogP contribution >= 0.6 is 0 Å². The Labute approximate surface area is 106 Å². The first-order valence-corrected chi connectivity index (χ1v) is 6.94. The highest BCUT2D eigenvalue weighted by Crippen LogP contribution is 2.22. The number of hydrogen-bond acceptors (Lipinski definition) is 2. The first kappa shape index (κ1) is 14.5. The van der Waals surface area contributed by atoms with Crippen molar-refractivity contribution in [2.45, 2.75) is 71.4 Å². The third-order valence-corrected chi connectivity index (χ3v) is 3.33. The van der Waals surface area contributed by atoms with Gasteiger partial charge in [-0.1, -0.05) is 19.3 Å². The van der Waals surface area contributed by atoms with Crippen LogP contribution in [0.5, 0.6) is 0 Å². The Morgan fingerprint density at radius 2 is 1.82 bits per heavy atom. The van der Waals surface area contributed by atoms with Gasteiger partial charge in [-0.25, -0.2) is 0 Å². The Morgan fingerprint density at radius 1 is 1.24 bits per heavy atom. The first-order valence-electron chi connectivity index (χ1n) is 6.94. The molecule has 0 heterocycles. The molecule has 1 rings (SSSR count). The van der Waals surface area contributed by atoms with Crippen LogP contribution in [-0.4, -0.2) is 24.0 Å². The van der Waals surface area contributed by atoms with E-state index >= 15 is 0 Å². The van der Waals surface area contributed by atoms with Gasteiger partial charge in [-0.2, -0.15) is 0 Å². The summed E-state index contributed by atoms with van der Waals surface area (Å²) in [6.07, 6.45) is 6.74. The van der Waals surface area contributed by atoms with Gasteiger partial charge in [0.15, 0.2) is 0 Å². The van der Waals surface area contributed by atoms with E-state index in [1.54, 1.807) is 0 Å². The summed E-state index contributed by atoms with van der Waals surface area (Å²) < 4.78 is 0. The fourth-order valence-corrected chi connectivity index (χ4v) is 2.31. The standard InChI is InChI=1S/C14H28N2O/c1-11(13(17)16-14(2,3)4)15-10-12-8-6-5-7-9-12/h11-12,15H,5-10H2,1-4H3,(H,16,17). The largest absolute Gasteiger partial charge is 0.350 e. The molecule has 1 atom stereocenters. The van der Waals surface area contributed by atoms with Crippen LogP contribution in [0.4, 0.5) is 0 Å². The van der Waals surface area contributed by atoms with Crippen LogP contribution in [-0.2, 0) is 4.79 Å². The normalized spacial score (nSPS) is 20.0. The van der Waals surface area contributed by atoms with Gasteiger partial charge < -0.3 is 10.6 Å². The molecule has 0 saturated heterocycles. The highest BCUT2D eigenvalue weighted by molar-refractivity contribution is 5.81. The molecular weight excluding hydrogens is 212 g/mol. The minimum atomic E-state index is -0.141. The van der Waals surface area contributed by atoms with Crippen molar-refractivity contribution in [2.24, 2.45) is 5.92 Å². The van der Waals surface area contributed by atoms with Crippen LogP contribution in [0, 0.1) is 5.92 Å². The third kappa shape index (κ3) is 6.06. The minimum Gasteiger partial charge on any atom is -0.350 e. The van der Waals surface area contributed by atoms with Gasteiger partial charge in [-0.3, -0.25) is 4.79 Å². The fraction of sp³-hybridized carbons (Fsp3) is 0.929. The lowest BCUT2D eigenvalue weighted by Crippen LogP contribution is -2.50. The van der Waals surface area contributed by atoms with Crippen LogP contribution in [0.25, 0.3) is 0 Å². The molecule has 0 aromatic carbocycles. The Morgan fingerprint density at radius 3 is 2.35 bits per heavy atom. The Kier molecular flexibility index (Phi) is 5.44. The van der Waals surface area contributed by atoms with Crippen molar-refractivity contribution in [3.63, 3.8) is 0 Å². The van der Waals surface area contributed by atoms with Gasteiger partial charge in [0.2, 0.25) is 5.91 Å². The molecule has 3 heteroatoms. The summed E-state index contributed by atoms with van der Waals surface area (Å²) in [5.74, 6) is 0.877. The molecular formula is C14H28N2O. The monoisotopic (exact) mass is 240 g/mol. The highest BCUT2D eigenvalue weighted by atomic mass is 16.2. The quantitative estimate of drug-likeness (QED) is 0.792. The molecule has 3 nitrogen and oxygen atoms in total. The van der Waals surface area contributed by atoms with Crippen LogP contribution in [0.3, 0.4) is 0 Å². The molecule has 0 aromatic rings. The van der Waals surface area contributed by atoms with Gasteiger partial charge in [-0.05, 0) is 53.0 Å². The van der Waals surface area contributed by atoms with Crippen molar-refractivity contribution in [1.82, 2.24) is 10.6 Å². The molecule has 1 amide bonds. The molecule has 0 aliphatic heterocycles. The van der Waals surface area contributed by atoms with E-state index in [9.17, 15) is 4.79 Å². The van der Waals surface area contributed by atoms with E-state index in [1.807, 2.05) is 27.7 Å². The Bertz CT molecular complexity index is 239. The molecule has 1 fully saturated rings. The molecule has 0 spiro atoms. The minimum absolute atomic E-state index is 0.0869. The average molecular weight is 240 g/mol. The topological polar surface area (TPSA) is 41.1 Å². The molecule has 100 valence electrons. The van der Waals surface area contributed by atoms with Gasteiger partial charge in [-0.15, -0.1) is 0 Å². The summed E-state index contributed by atoms with van der Waals surface area (Å²) >= 11 is 0. The maximum atomic E-state index is 11.9. The summed E-state index contributed by atoms with van der Waals surface area (Å²) in [4.78, 5) is 11.9. The summed E-state index contributed by atoms with van der Waals surface area (Å²) in [6.45, 7) is 8.97. The fourth-order valence-electron chi connectivity index (χ4n) is 2.31.